The Morgan fingerprint density at radius 1 is 1.17 bits per heavy atom. The molecule has 0 fully saturated rings. The summed E-state index contributed by atoms with van der Waals surface area (Å²) in [5, 5.41) is 17.7. The normalized spacial score (nSPS) is 11.0. The second kappa shape index (κ2) is 3.80. The van der Waals surface area contributed by atoms with Crippen molar-refractivity contribution in [3.05, 3.63) is 35.8 Å². The van der Waals surface area contributed by atoms with E-state index >= 15 is 0 Å². The SMILES string of the molecule is Cc1cc(-c2n[nH]c(C)n2)c2cccc(O)c2n1. The molecule has 0 atom stereocenters. The van der Waals surface area contributed by atoms with E-state index in [9.17, 15) is 5.11 Å². The Kier molecular flexibility index (Phi) is 2.26. The van der Waals surface area contributed by atoms with Gasteiger partial charge in [0.1, 0.15) is 17.1 Å². The van der Waals surface area contributed by atoms with E-state index in [1.165, 1.54) is 0 Å². The van der Waals surface area contributed by atoms with Crippen molar-refractivity contribution in [3.63, 3.8) is 0 Å². The number of para-hydroxylation sites is 1. The van der Waals surface area contributed by atoms with Crippen LogP contribution in [0.25, 0.3) is 22.3 Å². The van der Waals surface area contributed by atoms with E-state index in [0.717, 1.165) is 22.5 Å². The Labute approximate surface area is 104 Å². The number of aromatic nitrogens is 4. The molecule has 18 heavy (non-hydrogen) atoms. The number of pyridine rings is 1. The number of hydrogen-bond acceptors (Lipinski definition) is 4. The summed E-state index contributed by atoms with van der Waals surface area (Å²) in [6.07, 6.45) is 0. The molecule has 3 rings (SSSR count). The van der Waals surface area contributed by atoms with Gasteiger partial charge < -0.3 is 5.11 Å². The number of nitrogens with zero attached hydrogens (tertiary/aromatic N) is 3. The minimum absolute atomic E-state index is 0.171. The molecule has 0 saturated heterocycles. The number of aromatic hydroxyl groups is 1. The number of phenols is 1. The molecular weight excluding hydrogens is 228 g/mol. The summed E-state index contributed by atoms with van der Waals surface area (Å²) in [5.74, 6) is 1.55. The molecule has 0 amide bonds. The fraction of sp³-hybridized carbons (Fsp3) is 0.154. The van der Waals surface area contributed by atoms with E-state index in [-0.39, 0.29) is 5.75 Å². The van der Waals surface area contributed by atoms with Gasteiger partial charge in [0.15, 0.2) is 5.82 Å². The van der Waals surface area contributed by atoms with Gasteiger partial charge in [0, 0.05) is 16.6 Å². The van der Waals surface area contributed by atoms with Gasteiger partial charge >= 0.3 is 0 Å². The van der Waals surface area contributed by atoms with Crippen molar-refractivity contribution in [2.45, 2.75) is 13.8 Å². The smallest absolute Gasteiger partial charge is 0.181 e. The Balaban J connectivity index is 2.38. The number of nitrogens with one attached hydrogen (secondary N) is 1. The predicted octanol–water partition coefficient (Wildman–Crippen LogP) is 2.34. The van der Waals surface area contributed by atoms with Crippen molar-refractivity contribution in [2.24, 2.45) is 0 Å². The third-order valence-corrected chi connectivity index (χ3v) is 2.78. The first-order chi connectivity index (χ1) is 8.65. The maximum absolute atomic E-state index is 9.86. The van der Waals surface area contributed by atoms with Crippen LogP contribution >= 0.6 is 0 Å². The van der Waals surface area contributed by atoms with Crippen molar-refractivity contribution >= 4 is 10.9 Å². The molecule has 0 aliphatic rings. The van der Waals surface area contributed by atoms with Crippen LogP contribution in [0.3, 0.4) is 0 Å². The first-order valence-corrected chi connectivity index (χ1v) is 5.64. The highest BCUT2D eigenvalue weighted by atomic mass is 16.3. The van der Waals surface area contributed by atoms with Gasteiger partial charge in [-0.15, -0.1) is 0 Å². The van der Waals surface area contributed by atoms with Crippen LogP contribution in [0.15, 0.2) is 24.3 Å². The lowest BCUT2D eigenvalue weighted by Crippen LogP contribution is -1.90. The maximum Gasteiger partial charge on any atom is 0.181 e. The Hall–Kier alpha value is -2.43. The number of phenolic OH excluding ortho intramolecular Hbond substituents is 1. The van der Waals surface area contributed by atoms with Crippen LogP contribution in [0.2, 0.25) is 0 Å². The highest BCUT2D eigenvalue weighted by Crippen LogP contribution is 2.30. The van der Waals surface area contributed by atoms with Crippen LogP contribution in [0.4, 0.5) is 0 Å². The van der Waals surface area contributed by atoms with Crippen LogP contribution in [0, 0.1) is 13.8 Å². The van der Waals surface area contributed by atoms with E-state index in [1.807, 2.05) is 26.0 Å². The number of aryl methyl sites for hydroxylation is 2. The fourth-order valence-electron chi connectivity index (χ4n) is 2.01. The number of benzene rings is 1. The molecule has 1 aromatic carbocycles. The van der Waals surface area contributed by atoms with E-state index in [4.69, 9.17) is 0 Å². The molecule has 5 nitrogen and oxygen atoms in total. The van der Waals surface area contributed by atoms with Crippen LogP contribution in [-0.4, -0.2) is 25.3 Å². The molecule has 0 spiro atoms. The lowest BCUT2D eigenvalue weighted by molar-refractivity contribution is 0.480. The summed E-state index contributed by atoms with van der Waals surface area (Å²) in [5.41, 5.74) is 2.27. The largest absolute Gasteiger partial charge is 0.506 e. The monoisotopic (exact) mass is 240 g/mol. The van der Waals surface area contributed by atoms with E-state index in [2.05, 4.69) is 20.2 Å². The van der Waals surface area contributed by atoms with Crippen molar-refractivity contribution in [1.29, 1.82) is 0 Å². The standard InChI is InChI=1S/C13H12N4O/c1-7-6-10(13-15-8(2)16-17-13)9-4-3-5-11(18)12(9)14-7/h3-6,18H,1-2H3,(H,15,16,17). The highest BCUT2D eigenvalue weighted by Gasteiger charge is 2.12. The van der Waals surface area contributed by atoms with E-state index in [1.54, 1.807) is 12.1 Å². The molecule has 3 aromatic rings. The summed E-state index contributed by atoms with van der Waals surface area (Å²) in [6, 6.07) is 7.24. The molecule has 0 saturated carbocycles. The van der Waals surface area contributed by atoms with E-state index < -0.39 is 0 Å². The second-order valence-corrected chi connectivity index (χ2v) is 4.23. The Bertz CT molecular complexity index is 733. The molecule has 2 aromatic heterocycles. The Morgan fingerprint density at radius 2 is 2.00 bits per heavy atom. The van der Waals surface area contributed by atoms with Crippen molar-refractivity contribution in [1.82, 2.24) is 20.2 Å². The second-order valence-electron chi connectivity index (χ2n) is 4.23. The fourth-order valence-corrected chi connectivity index (χ4v) is 2.01. The molecule has 0 aliphatic carbocycles. The average Bonchev–Trinajstić information content (AvgIpc) is 2.76. The van der Waals surface area contributed by atoms with Crippen LogP contribution in [0.1, 0.15) is 11.5 Å². The zero-order valence-corrected chi connectivity index (χ0v) is 10.1. The summed E-state index contributed by atoms with van der Waals surface area (Å²) in [6.45, 7) is 3.74. The summed E-state index contributed by atoms with van der Waals surface area (Å²) in [7, 11) is 0. The van der Waals surface area contributed by atoms with Gasteiger partial charge in [-0.2, -0.15) is 5.10 Å². The number of rotatable bonds is 1. The third-order valence-electron chi connectivity index (χ3n) is 2.78. The maximum atomic E-state index is 9.86. The zero-order chi connectivity index (χ0) is 12.7. The molecular formula is C13H12N4O. The van der Waals surface area contributed by atoms with E-state index in [0.29, 0.717) is 11.3 Å². The molecule has 2 heterocycles. The molecule has 0 radical (unpaired) electrons. The zero-order valence-electron chi connectivity index (χ0n) is 10.1. The summed E-state index contributed by atoms with van der Waals surface area (Å²) < 4.78 is 0. The molecule has 0 bridgehead atoms. The number of fused-ring (bicyclic) bond motifs is 1. The number of H-pyrrole nitrogens is 1. The van der Waals surface area contributed by atoms with Crippen LogP contribution in [0.5, 0.6) is 5.75 Å². The molecule has 0 unspecified atom stereocenters. The lowest BCUT2D eigenvalue weighted by Gasteiger charge is -2.06. The minimum atomic E-state index is 0.171. The average molecular weight is 240 g/mol. The van der Waals surface area contributed by atoms with Crippen molar-refractivity contribution in [2.75, 3.05) is 0 Å². The van der Waals surface area contributed by atoms with Gasteiger partial charge in [-0.3, -0.25) is 5.10 Å². The number of hydrogen-bond donors (Lipinski definition) is 2. The lowest BCUT2D eigenvalue weighted by atomic mass is 10.1. The molecule has 2 N–H and O–H groups in total. The van der Waals surface area contributed by atoms with Crippen molar-refractivity contribution < 1.29 is 5.11 Å². The highest BCUT2D eigenvalue weighted by molar-refractivity contribution is 5.95. The van der Waals surface area contributed by atoms with Crippen molar-refractivity contribution in [3.8, 4) is 17.1 Å². The minimum Gasteiger partial charge on any atom is -0.506 e. The molecule has 90 valence electrons. The summed E-state index contributed by atoms with van der Waals surface area (Å²) in [4.78, 5) is 8.68. The van der Waals surface area contributed by atoms with Gasteiger partial charge in [-0.05, 0) is 26.0 Å². The molecule has 0 aliphatic heterocycles. The third kappa shape index (κ3) is 1.60. The molecule has 5 heteroatoms. The number of aromatic amines is 1. The first-order valence-electron chi connectivity index (χ1n) is 5.64. The quantitative estimate of drug-likeness (QED) is 0.684. The first kappa shape index (κ1) is 10.7. The summed E-state index contributed by atoms with van der Waals surface area (Å²) >= 11 is 0. The Morgan fingerprint density at radius 3 is 2.72 bits per heavy atom. The van der Waals surface area contributed by atoms with Crippen LogP contribution < -0.4 is 0 Å². The van der Waals surface area contributed by atoms with Crippen LogP contribution in [-0.2, 0) is 0 Å². The van der Waals surface area contributed by atoms with Gasteiger partial charge in [0.25, 0.3) is 0 Å². The van der Waals surface area contributed by atoms with Gasteiger partial charge in [-0.1, -0.05) is 12.1 Å². The predicted molar refractivity (Wildman–Crippen MR) is 68.3 cm³/mol. The van der Waals surface area contributed by atoms with Gasteiger partial charge in [0.2, 0.25) is 0 Å². The van der Waals surface area contributed by atoms with Gasteiger partial charge in [-0.25, -0.2) is 9.97 Å². The van der Waals surface area contributed by atoms with Gasteiger partial charge in [0.05, 0.1) is 0 Å². The topological polar surface area (TPSA) is 74.7 Å².